The summed E-state index contributed by atoms with van der Waals surface area (Å²) in [5.41, 5.74) is 0.488. The first-order chi connectivity index (χ1) is 7.95. The van der Waals surface area contributed by atoms with E-state index in [1.54, 1.807) is 27.0 Å². The quantitative estimate of drug-likeness (QED) is 0.746. The van der Waals surface area contributed by atoms with E-state index in [0.717, 1.165) is 0 Å². The average Bonchev–Trinajstić information content (AvgIpc) is 2.73. The number of methoxy groups -OCH3 is 1. The summed E-state index contributed by atoms with van der Waals surface area (Å²) < 4.78 is 9.68. The van der Waals surface area contributed by atoms with Crippen LogP contribution in [0, 0.1) is 12.8 Å². The second-order valence-corrected chi connectivity index (χ2v) is 4.06. The monoisotopic (exact) mass is 239 g/mol. The topological polar surface area (TPSA) is 59.8 Å². The Morgan fingerprint density at radius 1 is 1.53 bits per heavy atom. The Labute approximate surface area is 100 Å². The normalized spacial score (nSPS) is 12.0. The predicted octanol–water partition coefficient (Wildman–Crippen LogP) is 1.47. The van der Waals surface area contributed by atoms with Gasteiger partial charge >= 0.3 is 5.97 Å². The van der Waals surface area contributed by atoms with Crippen LogP contribution < -0.4 is 0 Å². The number of hydrogen-bond acceptors (Lipinski definition) is 4. The molecule has 1 aromatic rings. The second-order valence-electron chi connectivity index (χ2n) is 4.06. The first-order valence-corrected chi connectivity index (χ1v) is 5.34. The zero-order chi connectivity index (χ0) is 13.0. The standard InChI is InChI=1S/C12H17NO4/c1-8(12(15)16-4)6-13(3)11(14)10-5-9(2)17-7-10/h5,7-8H,6H2,1-4H3. The summed E-state index contributed by atoms with van der Waals surface area (Å²) in [4.78, 5) is 24.6. The van der Waals surface area contributed by atoms with E-state index in [2.05, 4.69) is 4.74 Å². The highest BCUT2D eigenvalue weighted by molar-refractivity contribution is 5.94. The molecule has 1 atom stereocenters. The summed E-state index contributed by atoms with van der Waals surface area (Å²) in [6.45, 7) is 3.81. The Morgan fingerprint density at radius 3 is 2.65 bits per heavy atom. The summed E-state index contributed by atoms with van der Waals surface area (Å²) >= 11 is 0. The fourth-order valence-corrected chi connectivity index (χ4v) is 1.55. The largest absolute Gasteiger partial charge is 0.469 e. The molecule has 1 rings (SSSR count). The number of carbonyl (C=O) groups is 2. The van der Waals surface area contributed by atoms with Gasteiger partial charge in [-0.25, -0.2) is 0 Å². The lowest BCUT2D eigenvalue weighted by molar-refractivity contribution is -0.145. The van der Waals surface area contributed by atoms with Crippen LogP contribution in [0.2, 0.25) is 0 Å². The van der Waals surface area contributed by atoms with Gasteiger partial charge in [-0.2, -0.15) is 0 Å². The number of rotatable bonds is 4. The zero-order valence-corrected chi connectivity index (χ0v) is 10.5. The van der Waals surface area contributed by atoms with E-state index in [1.807, 2.05) is 0 Å². The van der Waals surface area contributed by atoms with Crippen molar-refractivity contribution < 1.29 is 18.7 Å². The number of aryl methyl sites for hydroxylation is 1. The van der Waals surface area contributed by atoms with Gasteiger partial charge in [0.05, 0.1) is 18.6 Å². The van der Waals surface area contributed by atoms with Crippen LogP contribution in [0.15, 0.2) is 16.7 Å². The molecule has 94 valence electrons. The SMILES string of the molecule is COC(=O)C(C)CN(C)C(=O)c1coc(C)c1. The van der Waals surface area contributed by atoms with Crippen molar-refractivity contribution in [2.45, 2.75) is 13.8 Å². The Hall–Kier alpha value is -1.78. The molecule has 1 aromatic heterocycles. The van der Waals surface area contributed by atoms with E-state index in [1.165, 1.54) is 18.3 Å². The molecule has 5 heteroatoms. The van der Waals surface area contributed by atoms with Crippen molar-refractivity contribution in [3.8, 4) is 0 Å². The molecule has 1 heterocycles. The zero-order valence-electron chi connectivity index (χ0n) is 10.5. The van der Waals surface area contributed by atoms with Gasteiger partial charge < -0.3 is 14.1 Å². The molecule has 0 radical (unpaired) electrons. The molecular weight excluding hydrogens is 222 g/mol. The Kier molecular flexibility index (Phi) is 4.31. The minimum Gasteiger partial charge on any atom is -0.469 e. The Bertz CT molecular complexity index is 410. The lowest BCUT2D eigenvalue weighted by Gasteiger charge is -2.19. The molecular formula is C12H17NO4. The van der Waals surface area contributed by atoms with Crippen molar-refractivity contribution in [1.82, 2.24) is 4.90 Å². The van der Waals surface area contributed by atoms with Gasteiger partial charge in [0.25, 0.3) is 5.91 Å². The maximum absolute atomic E-state index is 11.9. The smallest absolute Gasteiger partial charge is 0.310 e. The molecule has 0 aliphatic heterocycles. The van der Waals surface area contributed by atoms with E-state index in [4.69, 9.17) is 4.42 Å². The minimum atomic E-state index is -0.345. The first-order valence-electron chi connectivity index (χ1n) is 5.34. The van der Waals surface area contributed by atoms with Gasteiger partial charge in [-0.15, -0.1) is 0 Å². The van der Waals surface area contributed by atoms with Crippen molar-refractivity contribution >= 4 is 11.9 Å². The van der Waals surface area contributed by atoms with Crippen LogP contribution in [-0.4, -0.2) is 37.5 Å². The van der Waals surface area contributed by atoms with E-state index in [9.17, 15) is 9.59 Å². The fourth-order valence-electron chi connectivity index (χ4n) is 1.55. The highest BCUT2D eigenvalue weighted by Gasteiger charge is 2.20. The van der Waals surface area contributed by atoms with Gasteiger partial charge in [0, 0.05) is 13.6 Å². The minimum absolute atomic E-state index is 0.169. The third-order valence-electron chi connectivity index (χ3n) is 2.48. The number of hydrogen-bond donors (Lipinski definition) is 0. The van der Waals surface area contributed by atoms with Crippen LogP contribution in [0.25, 0.3) is 0 Å². The maximum Gasteiger partial charge on any atom is 0.310 e. The number of carbonyl (C=O) groups excluding carboxylic acids is 2. The first kappa shape index (κ1) is 13.3. The molecule has 0 saturated carbocycles. The van der Waals surface area contributed by atoms with Gasteiger partial charge in [-0.1, -0.05) is 6.92 Å². The molecule has 1 amide bonds. The van der Waals surface area contributed by atoms with Crippen LogP contribution in [0.5, 0.6) is 0 Å². The van der Waals surface area contributed by atoms with Crippen LogP contribution in [0.3, 0.4) is 0 Å². The summed E-state index contributed by atoms with van der Waals surface area (Å²) in [5, 5.41) is 0. The molecule has 0 aliphatic carbocycles. The average molecular weight is 239 g/mol. The number of amides is 1. The summed E-state index contributed by atoms with van der Waals surface area (Å²) in [6, 6.07) is 1.67. The molecule has 1 unspecified atom stereocenters. The number of furan rings is 1. The summed E-state index contributed by atoms with van der Waals surface area (Å²) in [5.74, 6) is -0.157. The molecule has 0 N–H and O–H groups in total. The summed E-state index contributed by atoms with van der Waals surface area (Å²) in [7, 11) is 2.98. The molecule has 5 nitrogen and oxygen atoms in total. The number of nitrogens with zero attached hydrogens (tertiary/aromatic N) is 1. The Morgan fingerprint density at radius 2 is 2.18 bits per heavy atom. The predicted molar refractivity (Wildman–Crippen MR) is 61.6 cm³/mol. The lowest BCUT2D eigenvalue weighted by Crippen LogP contribution is -2.33. The van der Waals surface area contributed by atoms with Gasteiger partial charge in [-0.05, 0) is 13.0 Å². The molecule has 0 saturated heterocycles. The van der Waals surface area contributed by atoms with Crippen molar-refractivity contribution in [2.75, 3.05) is 20.7 Å². The van der Waals surface area contributed by atoms with Crippen molar-refractivity contribution in [3.63, 3.8) is 0 Å². The Balaban J connectivity index is 2.62. The van der Waals surface area contributed by atoms with E-state index < -0.39 is 0 Å². The maximum atomic E-state index is 11.9. The molecule has 0 aromatic carbocycles. The van der Waals surface area contributed by atoms with Gasteiger partial charge in [0.1, 0.15) is 12.0 Å². The van der Waals surface area contributed by atoms with Crippen LogP contribution in [0.1, 0.15) is 23.0 Å². The highest BCUT2D eigenvalue weighted by Crippen LogP contribution is 2.10. The second kappa shape index (κ2) is 5.52. The highest BCUT2D eigenvalue weighted by atomic mass is 16.5. The third-order valence-corrected chi connectivity index (χ3v) is 2.48. The van der Waals surface area contributed by atoms with Crippen molar-refractivity contribution in [1.29, 1.82) is 0 Å². The van der Waals surface area contributed by atoms with Crippen LogP contribution in [0.4, 0.5) is 0 Å². The van der Waals surface area contributed by atoms with Crippen molar-refractivity contribution in [3.05, 3.63) is 23.7 Å². The van der Waals surface area contributed by atoms with Gasteiger partial charge in [0.2, 0.25) is 0 Å². The summed E-state index contributed by atoms with van der Waals surface area (Å²) in [6.07, 6.45) is 1.41. The lowest BCUT2D eigenvalue weighted by atomic mass is 10.1. The van der Waals surface area contributed by atoms with E-state index in [-0.39, 0.29) is 17.8 Å². The van der Waals surface area contributed by atoms with E-state index >= 15 is 0 Å². The molecule has 0 aliphatic rings. The molecule has 0 spiro atoms. The van der Waals surface area contributed by atoms with Crippen LogP contribution >= 0.6 is 0 Å². The van der Waals surface area contributed by atoms with Crippen LogP contribution in [-0.2, 0) is 9.53 Å². The number of ether oxygens (including phenoxy) is 1. The van der Waals surface area contributed by atoms with E-state index in [0.29, 0.717) is 17.9 Å². The molecule has 0 bridgehead atoms. The van der Waals surface area contributed by atoms with Gasteiger partial charge in [-0.3, -0.25) is 9.59 Å². The molecule has 17 heavy (non-hydrogen) atoms. The van der Waals surface area contributed by atoms with Crippen molar-refractivity contribution in [2.24, 2.45) is 5.92 Å². The third kappa shape index (κ3) is 3.34. The number of esters is 1. The fraction of sp³-hybridized carbons (Fsp3) is 0.500. The molecule has 0 fully saturated rings. The van der Waals surface area contributed by atoms with Gasteiger partial charge in [0.15, 0.2) is 0 Å².